The van der Waals surface area contributed by atoms with Crippen molar-refractivity contribution in [1.82, 2.24) is 0 Å². The largest absolute Gasteiger partial charge is 0.270 e. The number of hydrogen-bond acceptors (Lipinski definition) is 3. The average Bonchev–Trinajstić information content (AvgIpc) is 2.14. The van der Waals surface area contributed by atoms with E-state index in [0.29, 0.717) is 4.62 Å². The maximum atomic E-state index is 9.99. The van der Waals surface area contributed by atoms with Crippen LogP contribution in [0.2, 0.25) is 0 Å². The molecule has 9 heavy (non-hydrogen) atoms. The lowest BCUT2D eigenvalue weighted by molar-refractivity contribution is -0.424. The van der Waals surface area contributed by atoms with Crippen LogP contribution in [0.1, 0.15) is 0 Å². The summed E-state index contributed by atoms with van der Waals surface area (Å²) in [6.07, 6.45) is 1.40. The van der Waals surface area contributed by atoms with Gasteiger partial charge in [0.2, 0.25) is 0 Å². The number of hydrogen-bond donors (Lipinski definition) is 0. The molecule has 0 aromatic carbocycles. The average molecular weight is 191 g/mol. The summed E-state index contributed by atoms with van der Waals surface area (Å²) in [5, 5.41) is 9.99. The van der Waals surface area contributed by atoms with E-state index in [4.69, 9.17) is 0 Å². The first kappa shape index (κ1) is 6.41. The lowest BCUT2D eigenvalue weighted by Gasteiger charge is -1.83. The Morgan fingerprint density at radius 2 is 2.56 bits per heavy atom. The molecule has 1 heterocycles. The van der Waals surface area contributed by atoms with Crippen LogP contribution < -0.4 is 0 Å². The van der Waals surface area contributed by atoms with Gasteiger partial charge in [-0.15, -0.1) is 0 Å². The van der Waals surface area contributed by atoms with Crippen molar-refractivity contribution in [3.05, 3.63) is 21.9 Å². The van der Waals surface area contributed by atoms with Crippen molar-refractivity contribution in [3.63, 3.8) is 0 Å². The number of aliphatic imine (C=N–C) groups is 1. The number of rotatable bonds is 1. The van der Waals surface area contributed by atoms with Crippen molar-refractivity contribution >= 4 is 20.6 Å². The fourth-order valence-electron chi connectivity index (χ4n) is 0.496. The van der Waals surface area contributed by atoms with Gasteiger partial charge in [0.1, 0.15) is 11.2 Å². The monoisotopic (exact) mass is 190 g/mol. The molecule has 0 aromatic rings. The Bertz CT molecular complexity index is 209. The minimum atomic E-state index is -0.433. The first-order valence-corrected chi connectivity index (χ1v) is 3.04. The standard InChI is InChI=1S/C4H3BrN2O2/c5-4-1-3(2-6-4)7(8)9/h1H,2H2. The summed E-state index contributed by atoms with van der Waals surface area (Å²) in [5.41, 5.74) is 0.141. The van der Waals surface area contributed by atoms with Crippen LogP contribution in [0, 0.1) is 10.1 Å². The summed E-state index contributed by atoms with van der Waals surface area (Å²) in [6.45, 7) is 0.188. The quantitative estimate of drug-likeness (QED) is 0.457. The first-order valence-electron chi connectivity index (χ1n) is 2.25. The van der Waals surface area contributed by atoms with Crippen molar-refractivity contribution in [2.45, 2.75) is 0 Å². The van der Waals surface area contributed by atoms with Crippen LogP contribution in [0.4, 0.5) is 0 Å². The Balaban J connectivity index is 2.71. The number of nitro groups is 1. The fourth-order valence-corrected chi connectivity index (χ4v) is 0.885. The molecule has 0 aliphatic carbocycles. The number of halogens is 1. The van der Waals surface area contributed by atoms with Crippen molar-refractivity contribution in [1.29, 1.82) is 0 Å². The molecule has 0 spiro atoms. The smallest absolute Gasteiger partial charge is 0.266 e. The molecule has 0 N–H and O–H groups in total. The maximum Gasteiger partial charge on any atom is 0.270 e. The number of allylic oxidation sites excluding steroid dienone is 1. The molecule has 0 bridgehead atoms. The van der Waals surface area contributed by atoms with Crippen LogP contribution in [0.5, 0.6) is 0 Å². The number of nitrogens with zero attached hydrogens (tertiary/aromatic N) is 2. The van der Waals surface area contributed by atoms with Gasteiger partial charge in [-0.25, -0.2) is 0 Å². The molecule has 0 atom stereocenters. The molecule has 1 rings (SSSR count). The molecule has 5 heteroatoms. The highest BCUT2D eigenvalue weighted by atomic mass is 79.9. The van der Waals surface area contributed by atoms with E-state index in [9.17, 15) is 10.1 Å². The van der Waals surface area contributed by atoms with Crippen molar-refractivity contribution in [2.75, 3.05) is 6.54 Å². The third-order valence-electron chi connectivity index (χ3n) is 0.912. The van der Waals surface area contributed by atoms with Gasteiger partial charge in [0, 0.05) is 6.08 Å². The minimum Gasteiger partial charge on any atom is -0.266 e. The first-order chi connectivity index (χ1) is 4.20. The van der Waals surface area contributed by atoms with Gasteiger partial charge in [0.05, 0.1) is 4.92 Å². The van der Waals surface area contributed by atoms with Crippen LogP contribution in [-0.4, -0.2) is 16.1 Å². The molecule has 0 amide bonds. The van der Waals surface area contributed by atoms with Gasteiger partial charge >= 0.3 is 0 Å². The molecule has 0 saturated heterocycles. The zero-order valence-electron chi connectivity index (χ0n) is 4.37. The molecular formula is C4H3BrN2O2. The third-order valence-corrected chi connectivity index (χ3v) is 1.39. The van der Waals surface area contributed by atoms with E-state index in [0.717, 1.165) is 0 Å². The molecule has 0 radical (unpaired) electrons. The molecule has 1 aliphatic heterocycles. The van der Waals surface area contributed by atoms with E-state index >= 15 is 0 Å². The van der Waals surface area contributed by atoms with Crippen molar-refractivity contribution < 1.29 is 4.92 Å². The minimum absolute atomic E-state index is 0.141. The summed E-state index contributed by atoms with van der Waals surface area (Å²) in [7, 11) is 0. The van der Waals surface area contributed by atoms with Gasteiger partial charge in [0.15, 0.2) is 0 Å². The maximum absolute atomic E-state index is 9.99. The Kier molecular flexibility index (Phi) is 1.61. The Hall–Kier alpha value is -0.710. The van der Waals surface area contributed by atoms with E-state index in [1.54, 1.807) is 0 Å². The van der Waals surface area contributed by atoms with E-state index in [2.05, 4.69) is 20.9 Å². The summed E-state index contributed by atoms with van der Waals surface area (Å²) >= 11 is 3.02. The van der Waals surface area contributed by atoms with Gasteiger partial charge in [0.25, 0.3) is 5.70 Å². The van der Waals surface area contributed by atoms with Crippen LogP contribution >= 0.6 is 15.9 Å². The molecular weight excluding hydrogens is 188 g/mol. The predicted molar refractivity (Wildman–Crippen MR) is 36.3 cm³/mol. The predicted octanol–water partition coefficient (Wildman–Crippen LogP) is 0.954. The highest BCUT2D eigenvalue weighted by Gasteiger charge is 2.15. The highest BCUT2D eigenvalue weighted by Crippen LogP contribution is 2.08. The van der Waals surface area contributed by atoms with Crippen LogP contribution in [0.25, 0.3) is 0 Å². The molecule has 1 aliphatic rings. The summed E-state index contributed by atoms with van der Waals surface area (Å²) < 4.78 is 0.550. The summed E-state index contributed by atoms with van der Waals surface area (Å²) in [5.74, 6) is 0. The summed E-state index contributed by atoms with van der Waals surface area (Å²) in [6, 6.07) is 0. The van der Waals surface area contributed by atoms with Gasteiger partial charge in [-0.2, -0.15) is 0 Å². The van der Waals surface area contributed by atoms with Gasteiger partial charge in [-0.05, 0) is 15.9 Å². The summed E-state index contributed by atoms with van der Waals surface area (Å²) in [4.78, 5) is 13.3. The second-order valence-electron chi connectivity index (χ2n) is 1.53. The lowest BCUT2D eigenvalue weighted by Crippen LogP contribution is -1.98. The van der Waals surface area contributed by atoms with Crippen molar-refractivity contribution in [3.8, 4) is 0 Å². The zero-order chi connectivity index (χ0) is 6.85. The van der Waals surface area contributed by atoms with E-state index < -0.39 is 4.92 Å². The van der Waals surface area contributed by atoms with Crippen molar-refractivity contribution in [2.24, 2.45) is 4.99 Å². The van der Waals surface area contributed by atoms with Gasteiger partial charge in [-0.1, -0.05) is 0 Å². The molecule has 4 nitrogen and oxygen atoms in total. The Morgan fingerprint density at radius 1 is 1.89 bits per heavy atom. The second kappa shape index (κ2) is 2.26. The highest BCUT2D eigenvalue weighted by molar-refractivity contribution is 9.18. The topological polar surface area (TPSA) is 55.5 Å². The SMILES string of the molecule is O=[N+]([O-])C1=CC(Br)=NC1. The fraction of sp³-hybridized carbons (Fsp3) is 0.250. The second-order valence-corrected chi connectivity index (χ2v) is 2.34. The zero-order valence-corrected chi connectivity index (χ0v) is 5.96. The van der Waals surface area contributed by atoms with E-state index in [1.165, 1.54) is 6.08 Å². The molecule has 0 fully saturated rings. The van der Waals surface area contributed by atoms with Crippen LogP contribution in [0.15, 0.2) is 16.8 Å². The molecule has 48 valence electrons. The molecule has 0 saturated carbocycles. The lowest BCUT2D eigenvalue weighted by atomic mass is 10.5. The van der Waals surface area contributed by atoms with E-state index in [1.807, 2.05) is 0 Å². The van der Waals surface area contributed by atoms with Crippen LogP contribution in [0.3, 0.4) is 0 Å². The van der Waals surface area contributed by atoms with E-state index in [-0.39, 0.29) is 12.2 Å². The Labute approximate surface area is 59.6 Å². The van der Waals surface area contributed by atoms with Gasteiger partial charge < -0.3 is 0 Å². The van der Waals surface area contributed by atoms with Gasteiger partial charge in [-0.3, -0.25) is 15.1 Å². The van der Waals surface area contributed by atoms with Crippen LogP contribution in [-0.2, 0) is 0 Å². The normalized spacial score (nSPS) is 17.0. The third kappa shape index (κ3) is 1.35. The molecule has 0 aromatic heterocycles. The molecule has 0 unspecified atom stereocenters. The Morgan fingerprint density at radius 3 is 2.78 bits per heavy atom.